The summed E-state index contributed by atoms with van der Waals surface area (Å²) in [5.41, 5.74) is 4.59. The van der Waals surface area contributed by atoms with Crippen molar-refractivity contribution in [2.75, 3.05) is 0 Å². The molecule has 1 amide bonds. The van der Waals surface area contributed by atoms with Crippen LogP contribution in [0.4, 0.5) is 0 Å². The Hall–Kier alpha value is -3.92. The summed E-state index contributed by atoms with van der Waals surface area (Å²) in [5.74, 6) is 0.482. The number of nitrogens with zero attached hydrogens (tertiary/aromatic N) is 7. The average Bonchev–Trinajstić information content (AvgIpc) is 3.56. The lowest BCUT2D eigenvalue weighted by Gasteiger charge is -2.11. The zero-order chi connectivity index (χ0) is 22.9. The van der Waals surface area contributed by atoms with E-state index < -0.39 is 0 Å². The number of carbonyl (C=O) groups excluding carboxylic acids is 1. The zero-order valence-corrected chi connectivity index (χ0v) is 19.3. The fraction of sp³-hybridized carbons (Fsp3) is 0.217. The van der Waals surface area contributed by atoms with E-state index >= 15 is 0 Å². The highest BCUT2D eigenvalue weighted by Gasteiger charge is 2.18. The van der Waals surface area contributed by atoms with Crippen LogP contribution in [-0.4, -0.2) is 40.3 Å². The van der Waals surface area contributed by atoms with Crippen molar-refractivity contribution in [1.82, 2.24) is 39.7 Å². The molecular weight excluding hydrogens is 436 g/mol. The van der Waals surface area contributed by atoms with E-state index in [-0.39, 0.29) is 5.91 Å². The van der Waals surface area contributed by atoms with E-state index in [1.54, 1.807) is 40.7 Å². The van der Waals surface area contributed by atoms with Gasteiger partial charge >= 0.3 is 0 Å². The van der Waals surface area contributed by atoms with Crippen LogP contribution in [0.25, 0.3) is 21.9 Å². The number of imidazole rings is 1. The van der Waals surface area contributed by atoms with Crippen LogP contribution in [0, 0.1) is 13.8 Å². The van der Waals surface area contributed by atoms with Crippen molar-refractivity contribution < 1.29 is 4.79 Å². The van der Waals surface area contributed by atoms with Crippen molar-refractivity contribution in [3.63, 3.8) is 0 Å². The molecule has 1 N–H and O–H groups in total. The third-order valence-corrected chi connectivity index (χ3v) is 6.36. The summed E-state index contributed by atoms with van der Waals surface area (Å²) < 4.78 is 3.70. The molecule has 0 radical (unpaired) electrons. The molecule has 0 spiro atoms. The topological polar surface area (TPSA) is 103 Å². The highest BCUT2D eigenvalue weighted by atomic mass is 32.1. The molecule has 0 unspecified atom stereocenters. The molecule has 10 heteroatoms. The molecule has 5 heterocycles. The average molecular weight is 459 g/mol. The van der Waals surface area contributed by atoms with Gasteiger partial charge in [-0.25, -0.2) is 19.6 Å². The number of carbonyl (C=O) groups is 1. The quantitative estimate of drug-likeness (QED) is 0.417. The maximum Gasteiger partial charge on any atom is 0.253 e. The van der Waals surface area contributed by atoms with Crippen molar-refractivity contribution in [3.8, 4) is 16.3 Å². The normalized spacial score (nSPS) is 11.2. The summed E-state index contributed by atoms with van der Waals surface area (Å²) in [5, 5.41) is 11.3. The van der Waals surface area contributed by atoms with E-state index in [1.807, 2.05) is 30.6 Å². The van der Waals surface area contributed by atoms with Crippen molar-refractivity contribution >= 4 is 22.9 Å². The summed E-state index contributed by atoms with van der Waals surface area (Å²) >= 11 is 1.68. The van der Waals surface area contributed by atoms with Crippen LogP contribution in [0.15, 0.2) is 49.2 Å². The maximum atomic E-state index is 13.2. The number of pyridine rings is 1. The van der Waals surface area contributed by atoms with Crippen LogP contribution in [0.2, 0.25) is 0 Å². The molecule has 9 nitrogen and oxygen atoms in total. The van der Waals surface area contributed by atoms with E-state index in [2.05, 4.69) is 49.6 Å². The molecule has 5 aromatic heterocycles. The molecular formula is C23H22N8OS. The van der Waals surface area contributed by atoms with Gasteiger partial charge in [-0.1, -0.05) is 12.1 Å². The van der Waals surface area contributed by atoms with E-state index in [0.717, 1.165) is 28.2 Å². The predicted molar refractivity (Wildman–Crippen MR) is 125 cm³/mol. The summed E-state index contributed by atoms with van der Waals surface area (Å²) in [4.78, 5) is 28.5. The van der Waals surface area contributed by atoms with E-state index in [9.17, 15) is 4.79 Å². The van der Waals surface area contributed by atoms with Gasteiger partial charge in [-0.15, -0.1) is 16.4 Å². The van der Waals surface area contributed by atoms with Gasteiger partial charge in [0.1, 0.15) is 11.5 Å². The van der Waals surface area contributed by atoms with E-state index in [1.165, 1.54) is 4.88 Å². The van der Waals surface area contributed by atoms with Crippen molar-refractivity contribution in [1.29, 1.82) is 0 Å². The Kier molecular flexibility index (Phi) is 5.43. The molecule has 5 aromatic rings. The molecule has 0 saturated carbocycles. The third kappa shape index (κ3) is 4.00. The maximum absolute atomic E-state index is 13.2. The van der Waals surface area contributed by atoms with Crippen molar-refractivity contribution in [2.45, 2.75) is 33.7 Å². The molecule has 5 rings (SSSR count). The molecule has 0 fully saturated rings. The summed E-state index contributed by atoms with van der Waals surface area (Å²) in [6, 6.07) is 5.95. The van der Waals surface area contributed by atoms with Crippen molar-refractivity contribution in [3.05, 3.63) is 76.7 Å². The van der Waals surface area contributed by atoms with Gasteiger partial charge in [-0.2, -0.15) is 0 Å². The second kappa shape index (κ2) is 8.55. The highest BCUT2D eigenvalue weighted by molar-refractivity contribution is 7.15. The van der Waals surface area contributed by atoms with Crippen LogP contribution in [0.1, 0.15) is 39.2 Å². The molecule has 33 heavy (non-hydrogen) atoms. The summed E-state index contributed by atoms with van der Waals surface area (Å²) in [6.07, 6.45) is 9.56. The Morgan fingerprint density at radius 3 is 2.64 bits per heavy atom. The van der Waals surface area contributed by atoms with Gasteiger partial charge in [0.15, 0.2) is 5.65 Å². The van der Waals surface area contributed by atoms with Crippen LogP contribution < -0.4 is 5.32 Å². The third-order valence-electron chi connectivity index (χ3n) is 5.34. The van der Waals surface area contributed by atoms with Gasteiger partial charge in [-0.3, -0.25) is 9.20 Å². The van der Waals surface area contributed by atoms with Gasteiger partial charge < -0.3 is 5.32 Å². The largest absolute Gasteiger partial charge is 0.348 e. The number of hydrogen-bond acceptors (Lipinski definition) is 7. The number of nitrogens with one attached hydrogen (secondary N) is 1. The minimum absolute atomic E-state index is 0.209. The number of hydrogen-bond donors (Lipinski definition) is 1. The minimum Gasteiger partial charge on any atom is -0.348 e. The summed E-state index contributed by atoms with van der Waals surface area (Å²) in [6.45, 7) is 6.26. The Labute approximate surface area is 194 Å². The molecule has 0 aliphatic rings. The molecule has 0 aromatic carbocycles. The number of aromatic nitrogens is 7. The lowest BCUT2D eigenvalue weighted by atomic mass is 10.2. The Morgan fingerprint density at radius 2 is 1.91 bits per heavy atom. The first-order valence-corrected chi connectivity index (χ1v) is 11.4. The fourth-order valence-electron chi connectivity index (χ4n) is 3.60. The van der Waals surface area contributed by atoms with E-state index in [0.29, 0.717) is 29.3 Å². The summed E-state index contributed by atoms with van der Waals surface area (Å²) in [7, 11) is 0. The van der Waals surface area contributed by atoms with Gasteiger partial charge in [0.25, 0.3) is 5.91 Å². The van der Waals surface area contributed by atoms with Gasteiger partial charge in [0.2, 0.25) is 0 Å². The monoisotopic (exact) mass is 458 g/mol. The lowest BCUT2D eigenvalue weighted by Crippen LogP contribution is -2.24. The Bertz CT molecular complexity index is 1450. The standard InChI is InChI=1S/C23H22N8OS/c1-4-18-11-28-29-31(18)19-7-17(23(32)27-10-16-8-24-15(3)25-9-16)13-30-20(12-26-22(19)30)21-6-5-14(2)33-21/h5-9,11-13H,4,10H2,1-3H3,(H,27,32). The molecule has 0 saturated heterocycles. The number of fused-ring (bicyclic) bond motifs is 1. The Morgan fingerprint density at radius 1 is 1.09 bits per heavy atom. The number of rotatable bonds is 6. The van der Waals surface area contributed by atoms with Crippen LogP contribution in [-0.2, 0) is 13.0 Å². The van der Waals surface area contributed by atoms with Gasteiger partial charge in [0.05, 0.1) is 34.2 Å². The van der Waals surface area contributed by atoms with Gasteiger partial charge in [-0.05, 0) is 38.5 Å². The molecule has 0 bridgehead atoms. The zero-order valence-electron chi connectivity index (χ0n) is 18.5. The SMILES string of the molecule is CCc1cnnn1-c1cc(C(=O)NCc2cnc(C)nc2)cn2c(-c3ccc(C)s3)cnc12. The molecule has 166 valence electrons. The second-order valence-electron chi connectivity index (χ2n) is 7.67. The smallest absolute Gasteiger partial charge is 0.253 e. The predicted octanol–water partition coefficient (Wildman–Crippen LogP) is 3.54. The Balaban J connectivity index is 1.59. The van der Waals surface area contributed by atoms with Crippen LogP contribution in [0.5, 0.6) is 0 Å². The second-order valence-corrected chi connectivity index (χ2v) is 8.96. The number of aryl methyl sites for hydroxylation is 3. The van der Waals surface area contributed by atoms with Gasteiger partial charge in [0, 0.05) is 35.6 Å². The molecule has 0 aliphatic carbocycles. The van der Waals surface area contributed by atoms with Crippen LogP contribution >= 0.6 is 11.3 Å². The first kappa shape index (κ1) is 21.0. The lowest BCUT2D eigenvalue weighted by molar-refractivity contribution is 0.0950. The first-order chi connectivity index (χ1) is 16.0. The highest BCUT2D eigenvalue weighted by Crippen LogP contribution is 2.30. The molecule has 0 atom stereocenters. The first-order valence-electron chi connectivity index (χ1n) is 10.6. The fourth-order valence-corrected chi connectivity index (χ4v) is 4.47. The van der Waals surface area contributed by atoms with E-state index in [4.69, 9.17) is 0 Å². The van der Waals surface area contributed by atoms with Crippen LogP contribution in [0.3, 0.4) is 0 Å². The number of thiophene rings is 1. The minimum atomic E-state index is -0.209. The molecule has 0 aliphatic heterocycles. The van der Waals surface area contributed by atoms with Crippen molar-refractivity contribution in [2.24, 2.45) is 0 Å². The number of amides is 1.